The molecule has 7 heteroatoms. The third kappa shape index (κ3) is 5.81. The van der Waals surface area contributed by atoms with E-state index in [9.17, 15) is 9.59 Å². The van der Waals surface area contributed by atoms with Crippen molar-refractivity contribution in [3.8, 4) is 0 Å². The van der Waals surface area contributed by atoms with Gasteiger partial charge in [0.1, 0.15) is 5.60 Å². The van der Waals surface area contributed by atoms with Crippen LogP contribution in [0, 0.1) is 12.5 Å². The van der Waals surface area contributed by atoms with Gasteiger partial charge in [-0.05, 0) is 58.9 Å². The predicted molar refractivity (Wildman–Crippen MR) is 135 cm³/mol. The van der Waals surface area contributed by atoms with E-state index >= 15 is 0 Å². The van der Waals surface area contributed by atoms with E-state index in [1.54, 1.807) is 4.90 Å². The van der Waals surface area contributed by atoms with Gasteiger partial charge in [0.2, 0.25) is 5.91 Å². The summed E-state index contributed by atoms with van der Waals surface area (Å²) >= 11 is 0. The second kappa shape index (κ2) is 9.81. The van der Waals surface area contributed by atoms with Crippen LogP contribution in [0.5, 0.6) is 0 Å². The summed E-state index contributed by atoms with van der Waals surface area (Å²) in [6, 6.07) is 10.3. The molecule has 0 N–H and O–H groups in total. The molecular weight excluding hydrogens is 440 g/mol. The van der Waals surface area contributed by atoms with Gasteiger partial charge in [0.15, 0.2) is 0 Å². The number of piperidine rings is 2. The SMILES string of the molecule is [C-]#[N+]C1(N2CCC(C)(N(Cc3ccccc3)C(=O)C3CC3)CC2)CCN(C(=O)OC(C)(C)C)CC1. The van der Waals surface area contributed by atoms with Crippen molar-refractivity contribution < 1.29 is 14.3 Å². The highest BCUT2D eigenvalue weighted by molar-refractivity contribution is 5.81. The Hall–Kier alpha value is -2.59. The molecule has 0 atom stereocenters. The Morgan fingerprint density at radius 2 is 1.66 bits per heavy atom. The Balaban J connectivity index is 1.41. The molecule has 2 heterocycles. The normalized spacial score (nSPS) is 22.2. The number of hydrogen-bond donors (Lipinski definition) is 0. The van der Waals surface area contributed by atoms with Crippen LogP contribution >= 0.6 is 0 Å². The van der Waals surface area contributed by atoms with E-state index in [-0.39, 0.29) is 23.5 Å². The Bertz CT molecular complexity index is 945. The molecule has 2 saturated heterocycles. The van der Waals surface area contributed by atoms with Gasteiger partial charge in [0.25, 0.3) is 5.66 Å². The first-order valence-corrected chi connectivity index (χ1v) is 13.0. The molecule has 0 aromatic heterocycles. The molecule has 35 heavy (non-hydrogen) atoms. The van der Waals surface area contributed by atoms with Crippen molar-refractivity contribution in [2.75, 3.05) is 26.2 Å². The smallest absolute Gasteiger partial charge is 0.410 e. The quantitative estimate of drug-likeness (QED) is 0.561. The second-order valence-electron chi connectivity index (χ2n) is 11.7. The lowest BCUT2D eigenvalue weighted by Crippen LogP contribution is -2.61. The van der Waals surface area contributed by atoms with Crippen molar-refractivity contribution in [1.29, 1.82) is 0 Å². The van der Waals surface area contributed by atoms with E-state index in [1.807, 2.05) is 39.0 Å². The van der Waals surface area contributed by atoms with Crippen molar-refractivity contribution in [2.45, 2.75) is 89.6 Å². The Morgan fingerprint density at radius 3 is 2.17 bits per heavy atom. The molecule has 1 aromatic rings. The van der Waals surface area contributed by atoms with Crippen LogP contribution in [0.4, 0.5) is 4.79 Å². The van der Waals surface area contributed by atoms with E-state index in [0.717, 1.165) is 44.3 Å². The molecule has 3 aliphatic rings. The fourth-order valence-electron chi connectivity index (χ4n) is 5.40. The molecule has 2 amide bonds. The number of hydrogen-bond acceptors (Lipinski definition) is 4. The highest BCUT2D eigenvalue weighted by atomic mass is 16.6. The zero-order valence-corrected chi connectivity index (χ0v) is 21.8. The molecule has 190 valence electrons. The first kappa shape index (κ1) is 25.5. The summed E-state index contributed by atoms with van der Waals surface area (Å²) in [5, 5.41) is 0. The van der Waals surface area contributed by atoms with Gasteiger partial charge >= 0.3 is 6.09 Å². The summed E-state index contributed by atoms with van der Waals surface area (Å²) in [4.78, 5) is 36.1. The zero-order valence-electron chi connectivity index (χ0n) is 21.8. The number of nitrogens with zero attached hydrogens (tertiary/aromatic N) is 4. The maximum atomic E-state index is 13.3. The number of rotatable bonds is 5. The third-order valence-corrected chi connectivity index (χ3v) is 7.88. The van der Waals surface area contributed by atoms with E-state index in [2.05, 4.69) is 33.7 Å². The number of amides is 2. The van der Waals surface area contributed by atoms with Gasteiger partial charge in [0.05, 0.1) is 12.8 Å². The van der Waals surface area contributed by atoms with Gasteiger partial charge in [-0.1, -0.05) is 30.3 Å². The zero-order chi connectivity index (χ0) is 25.3. The molecular formula is C28H40N4O3. The van der Waals surface area contributed by atoms with Gasteiger partial charge in [-0.15, -0.1) is 0 Å². The number of ether oxygens (including phenoxy) is 1. The summed E-state index contributed by atoms with van der Waals surface area (Å²) in [6.07, 6.45) is 4.67. The van der Waals surface area contributed by atoms with E-state index in [1.165, 1.54) is 0 Å². The van der Waals surface area contributed by atoms with Crippen LogP contribution in [-0.2, 0) is 16.1 Å². The van der Waals surface area contributed by atoms with Crippen LogP contribution < -0.4 is 0 Å². The van der Waals surface area contributed by atoms with Gasteiger partial charge in [-0.25, -0.2) is 16.3 Å². The number of carbonyl (C=O) groups is 2. The fraction of sp³-hybridized carbons (Fsp3) is 0.679. The lowest BCUT2D eigenvalue weighted by atomic mass is 9.84. The molecule has 1 saturated carbocycles. The van der Waals surface area contributed by atoms with Crippen LogP contribution in [0.2, 0.25) is 0 Å². The summed E-state index contributed by atoms with van der Waals surface area (Å²) < 4.78 is 5.53. The predicted octanol–water partition coefficient (Wildman–Crippen LogP) is 4.93. The van der Waals surface area contributed by atoms with Crippen molar-refractivity contribution in [1.82, 2.24) is 14.7 Å². The number of carbonyl (C=O) groups excluding carboxylic acids is 2. The monoisotopic (exact) mass is 480 g/mol. The van der Waals surface area contributed by atoms with Crippen molar-refractivity contribution in [3.63, 3.8) is 0 Å². The van der Waals surface area contributed by atoms with Crippen LogP contribution in [-0.4, -0.2) is 69.7 Å². The van der Waals surface area contributed by atoms with E-state index in [0.29, 0.717) is 32.5 Å². The fourth-order valence-corrected chi connectivity index (χ4v) is 5.40. The minimum Gasteiger partial charge on any atom is -0.444 e. The molecule has 7 nitrogen and oxygen atoms in total. The first-order valence-electron chi connectivity index (χ1n) is 13.0. The minimum absolute atomic E-state index is 0.181. The second-order valence-corrected chi connectivity index (χ2v) is 11.7. The molecule has 2 aliphatic heterocycles. The number of likely N-dealkylation sites (tertiary alicyclic amines) is 2. The third-order valence-electron chi connectivity index (χ3n) is 7.88. The molecule has 0 unspecified atom stereocenters. The topological polar surface area (TPSA) is 57.5 Å². The Morgan fingerprint density at radius 1 is 1.06 bits per heavy atom. The van der Waals surface area contributed by atoms with Crippen molar-refractivity contribution in [2.24, 2.45) is 5.92 Å². The van der Waals surface area contributed by atoms with E-state index in [4.69, 9.17) is 11.3 Å². The van der Waals surface area contributed by atoms with Gasteiger partial charge < -0.3 is 14.5 Å². The molecule has 1 aliphatic carbocycles. The first-order chi connectivity index (χ1) is 16.6. The Labute approximate surface area is 210 Å². The van der Waals surface area contributed by atoms with Crippen LogP contribution in [0.1, 0.15) is 71.8 Å². The standard InChI is InChI=1S/C28H40N4O3/c1-26(2,3)35-25(34)30-17-15-28(29-5,16-18-30)31-19-13-27(4,14-20-31)32(24(33)23-11-12-23)21-22-9-7-6-8-10-22/h6-10,23H,11-21H2,1-4H3. The average molecular weight is 481 g/mol. The molecule has 1 aromatic carbocycles. The summed E-state index contributed by atoms with van der Waals surface area (Å²) in [5.41, 5.74) is -0.152. The van der Waals surface area contributed by atoms with E-state index < -0.39 is 11.3 Å². The molecule has 0 bridgehead atoms. The summed E-state index contributed by atoms with van der Waals surface area (Å²) in [5.74, 6) is 0.468. The van der Waals surface area contributed by atoms with Crippen LogP contribution in [0.3, 0.4) is 0 Å². The van der Waals surface area contributed by atoms with Crippen molar-refractivity contribution >= 4 is 12.0 Å². The number of benzene rings is 1. The largest absolute Gasteiger partial charge is 0.444 e. The highest BCUT2D eigenvalue weighted by Gasteiger charge is 2.51. The van der Waals surface area contributed by atoms with Gasteiger partial charge in [-0.3, -0.25) is 9.64 Å². The molecule has 3 fully saturated rings. The van der Waals surface area contributed by atoms with Crippen LogP contribution in [0.15, 0.2) is 30.3 Å². The van der Waals surface area contributed by atoms with Gasteiger partial charge in [-0.2, -0.15) is 0 Å². The Kier molecular flexibility index (Phi) is 7.15. The molecule has 0 spiro atoms. The van der Waals surface area contributed by atoms with Gasteiger partial charge in [0, 0.05) is 44.2 Å². The average Bonchev–Trinajstić information content (AvgIpc) is 3.68. The summed E-state index contributed by atoms with van der Waals surface area (Å²) in [6.45, 7) is 19.2. The molecule has 0 radical (unpaired) electrons. The highest BCUT2D eigenvalue weighted by Crippen LogP contribution is 2.40. The lowest BCUT2D eigenvalue weighted by molar-refractivity contribution is -0.142. The van der Waals surface area contributed by atoms with Crippen molar-refractivity contribution in [3.05, 3.63) is 47.3 Å². The van der Waals surface area contributed by atoms with Crippen LogP contribution in [0.25, 0.3) is 4.85 Å². The maximum Gasteiger partial charge on any atom is 0.410 e. The maximum absolute atomic E-state index is 13.3. The summed E-state index contributed by atoms with van der Waals surface area (Å²) in [7, 11) is 0. The lowest BCUT2D eigenvalue weighted by Gasteiger charge is -2.50. The minimum atomic E-state index is -0.579. The molecule has 4 rings (SSSR count).